The van der Waals surface area contributed by atoms with E-state index in [1.165, 1.54) is 48.5 Å². The molecular formula is C68H62O15. The van der Waals surface area contributed by atoms with Gasteiger partial charge in [-0.15, -0.1) is 0 Å². The van der Waals surface area contributed by atoms with Gasteiger partial charge < -0.3 is 52.5 Å². The summed E-state index contributed by atoms with van der Waals surface area (Å²) in [6.07, 6.45) is -17.2. The van der Waals surface area contributed by atoms with Crippen LogP contribution in [-0.4, -0.2) is 103 Å². The van der Waals surface area contributed by atoms with Gasteiger partial charge in [0.1, 0.15) is 36.6 Å². The lowest BCUT2D eigenvalue weighted by molar-refractivity contribution is -0.355. The number of hydrogen-bond acceptors (Lipinski definition) is 15. The van der Waals surface area contributed by atoms with Crippen LogP contribution < -0.4 is 0 Å². The van der Waals surface area contributed by atoms with Gasteiger partial charge in [0.05, 0.1) is 55.3 Å². The lowest BCUT2D eigenvalue weighted by Crippen LogP contribution is -2.70. The minimum Gasteiger partial charge on any atom is -0.452 e. The average molecular weight is 1120 g/mol. The highest BCUT2D eigenvalue weighted by atomic mass is 16.7. The fraction of sp³-hybridized carbons (Fsp3) is 0.235. The second-order valence-electron chi connectivity index (χ2n) is 19.9. The molecule has 0 radical (unpaired) electrons. The van der Waals surface area contributed by atoms with Gasteiger partial charge in [-0.3, -0.25) is 0 Å². The maximum Gasteiger partial charge on any atom is 0.338 e. The summed E-state index contributed by atoms with van der Waals surface area (Å²) in [6, 6.07) is 70.0. The SMILES string of the molecule is O=C(O[C@H]1[C@@H](OC(=O)c2ccccc2)[C@H](OC(=O)c2ccccc2)[C@@H](O)[C@H](O[C@@H]2O[C@H](COCc3ccccc3)[C@H](OCc3ccccc3)[C@H](OCc3ccccc3)[C@H]2OCc2ccccc2)[C@@H]1OC(=O)c1ccccc1)c1ccccc1. The lowest BCUT2D eigenvalue weighted by Gasteiger charge is -2.50. The third-order valence-corrected chi connectivity index (χ3v) is 14.1. The molecule has 0 bridgehead atoms. The topological polar surface area (TPSA) is 181 Å². The normalized spacial score (nSPS) is 23.0. The van der Waals surface area contributed by atoms with E-state index < -0.39 is 91.2 Å². The van der Waals surface area contributed by atoms with E-state index in [0.29, 0.717) is 0 Å². The molecule has 1 saturated carbocycles. The van der Waals surface area contributed by atoms with Gasteiger partial charge in [-0.05, 0) is 70.8 Å². The third-order valence-electron chi connectivity index (χ3n) is 14.1. The molecule has 0 spiro atoms. The van der Waals surface area contributed by atoms with E-state index in [2.05, 4.69) is 0 Å². The van der Waals surface area contributed by atoms with Crippen LogP contribution in [0.5, 0.6) is 0 Å². The van der Waals surface area contributed by atoms with Crippen molar-refractivity contribution in [2.24, 2.45) is 0 Å². The van der Waals surface area contributed by atoms with Gasteiger partial charge >= 0.3 is 23.9 Å². The van der Waals surface area contributed by atoms with Crippen LogP contribution in [0.25, 0.3) is 0 Å². The number of carbonyl (C=O) groups is 4. The van der Waals surface area contributed by atoms with Crippen molar-refractivity contribution < 1.29 is 71.7 Å². The Labute approximate surface area is 481 Å². The van der Waals surface area contributed by atoms with Gasteiger partial charge in [-0.1, -0.05) is 194 Å². The van der Waals surface area contributed by atoms with Crippen molar-refractivity contribution in [3.05, 3.63) is 287 Å². The molecule has 1 aliphatic carbocycles. The molecular weight excluding hydrogens is 1060 g/mol. The molecule has 8 aromatic carbocycles. The molecule has 11 atom stereocenters. The summed E-state index contributed by atoms with van der Waals surface area (Å²) in [4.78, 5) is 58.1. The van der Waals surface area contributed by atoms with Crippen molar-refractivity contribution in [1.82, 2.24) is 0 Å². The molecule has 15 heteroatoms. The van der Waals surface area contributed by atoms with Gasteiger partial charge in [-0.2, -0.15) is 0 Å². The second kappa shape index (κ2) is 28.9. The molecule has 0 amide bonds. The quantitative estimate of drug-likeness (QED) is 0.0472. The molecule has 0 unspecified atom stereocenters. The van der Waals surface area contributed by atoms with Gasteiger partial charge in [0, 0.05) is 0 Å². The highest BCUT2D eigenvalue weighted by Crippen LogP contribution is 2.39. The van der Waals surface area contributed by atoms with E-state index in [0.717, 1.165) is 22.3 Å². The van der Waals surface area contributed by atoms with Crippen LogP contribution in [0.3, 0.4) is 0 Å². The van der Waals surface area contributed by atoms with E-state index in [4.69, 9.17) is 47.4 Å². The van der Waals surface area contributed by atoms with Gasteiger partial charge in [0.25, 0.3) is 0 Å². The number of esters is 4. The number of aliphatic hydroxyl groups excluding tert-OH is 1. The van der Waals surface area contributed by atoms with Crippen LogP contribution in [0.2, 0.25) is 0 Å². The number of hydrogen-bond donors (Lipinski definition) is 1. The molecule has 424 valence electrons. The fourth-order valence-electron chi connectivity index (χ4n) is 9.91. The number of carbonyl (C=O) groups excluding carboxylic acids is 4. The summed E-state index contributed by atoms with van der Waals surface area (Å²) in [5, 5.41) is 13.2. The number of benzene rings is 8. The predicted molar refractivity (Wildman–Crippen MR) is 303 cm³/mol. The molecule has 2 fully saturated rings. The molecule has 1 N–H and O–H groups in total. The largest absolute Gasteiger partial charge is 0.452 e. The highest BCUT2D eigenvalue weighted by Gasteiger charge is 2.61. The van der Waals surface area contributed by atoms with Crippen LogP contribution in [0.4, 0.5) is 0 Å². The Kier molecular flexibility index (Phi) is 20.0. The fourth-order valence-corrected chi connectivity index (χ4v) is 9.91. The molecule has 0 aromatic heterocycles. The van der Waals surface area contributed by atoms with Crippen LogP contribution in [0, 0.1) is 0 Å². The van der Waals surface area contributed by atoms with E-state index in [-0.39, 0.29) is 55.3 Å². The lowest BCUT2D eigenvalue weighted by atomic mass is 9.83. The Balaban J connectivity index is 1.11. The number of rotatable bonds is 23. The Bertz CT molecular complexity index is 3270. The number of aliphatic hydroxyl groups is 1. The van der Waals surface area contributed by atoms with Crippen LogP contribution in [0.1, 0.15) is 63.7 Å². The first-order valence-electron chi connectivity index (χ1n) is 27.4. The van der Waals surface area contributed by atoms with Crippen molar-refractivity contribution in [3.8, 4) is 0 Å². The molecule has 8 aromatic rings. The minimum atomic E-state index is -2.06. The maximum absolute atomic E-state index is 14.7. The molecule has 2 aliphatic rings. The van der Waals surface area contributed by atoms with Crippen molar-refractivity contribution in [2.45, 2.75) is 93.8 Å². The maximum atomic E-state index is 14.7. The Hall–Kier alpha value is -8.64. The molecule has 1 heterocycles. The highest BCUT2D eigenvalue weighted by molar-refractivity contribution is 5.92. The summed E-state index contributed by atoms with van der Waals surface area (Å²) in [5.74, 6) is -3.76. The van der Waals surface area contributed by atoms with Gasteiger partial charge in [0.15, 0.2) is 30.7 Å². The molecule has 83 heavy (non-hydrogen) atoms. The first-order chi connectivity index (χ1) is 40.8. The van der Waals surface area contributed by atoms with Crippen LogP contribution >= 0.6 is 0 Å². The molecule has 10 rings (SSSR count). The monoisotopic (exact) mass is 1120 g/mol. The summed E-state index contributed by atoms with van der Waals surface area (Å²) < 4.78 is 66.9. The van der Waals surface area contributed by atoms with E-state index in [1.54, 1.807) is 72.8 Å². The second-order valence-corrected chi connectivity index (χ2v) is 19.9. The van der Waals surface area contributed by atoms with Crippen molar-refractivity contribution in [2.75, 3.05) is 6.61 Å². The third kappa shape index (κ3) is 15.3. The summed E-state index contributed by atoms with van der Waals surface area (Å²) in [7, 11) is 0. The van der Waals surface area contributed by atoms with E-state index in [9.17, 15) is 24.3 Å². The van der Waals surface area contributed by atoms with Gasteiger partial charge in [-0.25, -0.2) is 19.2 Å². The summed E-state index contributed by atoms with van der Waals surface area (Å²) in [6.45, 7) is 0.283. The molecule has 1 aliphatic heterocycles. The molecule has 15 nitrogen and oxygen atoms in total. The zero-order valence-corrected chi connectivity index (χ0v) is 45.1. The predicted octanol–water partition coefficient (Wildman–Crippen LogP) is 10.3. The first kappa shape index (κ1) is 57.6. The van der Waals surface area contributed by atoms with Gasteiger partial charge in [0.2, 0.25) is 0 Å². The Morgan fingerprint density at radius 2 is 0.614 bits per heavy atom. The van der Waals surface area contributed by atoms with Crippen LogP contribution in [-0.2, 0) is 73.8 Å². The minimum absolute atomic E-state index is 0.00766. The van der Waals surface area contributed by atoms with Crippen molar-refractivity contribution >= 4 is 23.9 Å². The zero-order chi connectivity index (χ0) is 57.2. The van der Waals surface area contributed by atoms with Crippen LogP contribution in [0.15, 0.2) is 243 Å². The summed E-state index contributed by atoms with van der Waals surface area (Å²) in [5.41, 5.74) is 3.64. The Morgan fingerprint density at radius 3 is 0.988 bits per heavy atom. The zero-order valence-electron chi connectivity index (χ0n) is 45.1. The Morgan fingerprint density at radius 1 is 0.325 bits per heavy atom. The van der Waals surface area contributed by atoms with Crippen molar-refractivity contribution in [1.29, 1.82) is 0 Å². The average Bonchev–Trinajstić information content (AvgIpc) is 3.56. The van der Waals surface area contributed by atoms with E-state index in [1.807, 2.05) is 121 Å². The smallest absolute Gasteiger partial charge is 0.338 e. The summed E-state index contributed by atoms with van der Waals surface area (Å²) >= 11 is 0. The van der Waals surface area contributed by atoms with E-state index >= 15 is 0 Å². The van der Waals surface area contributed by atoms with Crippen molar-refractivity contribution in [3.63, 3.8) is 0 Å². The first-order valence-corrected chi connectivity index (χ1v) is 27.4. The molecule has 1 saturated heterocycles. The number of ether oxygens (including phenoxy) is 10. The standard InChI is InChI=1S/C68H62O15/c69-55-57(79-64(70)50-33-17-5-18-34-50)60(80-65(71)51-35-19-6-20-36-51)62(82-67(73)53-39-23-8-24-40-53)61(81-66(72)52-37-21-7-22-38-52)58(55)83-68-63(77-44-49-31-15-4-16-32-49)59(76-43-48-29-13-3-14-30-48)56(75-42-47-27-11-2-12-28-47)54(78-68)45-74-41-46-25-9-1-10-26-46/h1-40,54-63,68-69H,41-45H2/t54-,55-,56+,57-,58+,59+,60+,61+,62+,63-,68+/m1/s1.